The Labute approximate surface area is 174 Å². The van der Waals surface area contributed by atoms with E-state index >= 15 is 0 Å². The van der Waals surface area contributed by atoms with Crippen LogP contribution in [0.5, 0.6) is 0 Å². The van der Waals surface area contributed by atoms with Crippen LogP contribution in [-0.4, -0.2) is 0 Å². The first kappa shape index (κ1) is 18.1. The molecule has 5 rings (SSSR count). The van der Waals surface area contributed by atoms with Gasteiger partial charge in [0.05, 0.1) is 0 Å². The number of hydrogen-bond donors (Lipinski definition) is 0. The van der Waals surface area contributed by atoms with Crippen molar-refractivity contribution in [1.29, 1.82) is 0 Å². The van der Waals surface area contributed by atoms with Crippen molar-refractivity contribution in [3.8, 4) is 0 Å². The lowest BCUT2D eigenvalue weighted by Gasteiger charge is -2.05. The van der Waals surface area contributed by atoms with Crippen LogP contribution in [-0.2, 0) is 12.8 Å². The smallest absolute Gasteiger partial charge is 0.0352 e. The molecule has 0 fully saturated rings. The molecule has 0 unspecified atom stereocenters. The normalized spacial score (nSPS) is 12.1. The summed E-state index contributed by atoms with van der Waals surface area (Å²) in [6.45, 7) is 4.54. The number of fused-ring (bicyclic) bond motifs is 5. The molecular formula is C26H26S2. The molecule has 0 aliphatic carbocycles. The van der Waals surface area contributed by atoms with Gasteiger partial charge in [0, 0.05) is 19.2 Å². The Morgan fingerprint density at radius 2 is 1.04 bits per heavy atom. The Kier molecular flexibility index (Phi) is 4.86. The largest absolute Gasteiger partial charge is 0.140 e. The van der Waals surface area contributed by atoms with Crippen LogP contribution in [0, 0.1) is 0 Å². The first-order chi connectivity index (χ1) is 13.7. The number of rotatable bonds is 6. The summed E-state index contributed by atoms with van der Waals surface area (Å²) in [5, 5.41) is 8.34. The van der Waals surface area contributed by atoms with E-state index in [1.54, 1.807) is 0 Å². The monoisotopic (exact) mass is 402 g/mol. The molecule has 142 valence electrons. The fourth-order valence-electron chi connectivity index (χ4n) is 4.19. The van der Waals surface area contributed by atoms with Crippen LogP contribution in [0.3, 0.4) is 0 Å². The van der Waals surface area contributed by atoms with Gasteiger partial charge in [0.2, 0.25) is 0 Å². The molecule has 0 aliphatic rings. The molecule has 0 N–H and O–H groups in total. The minimum atomic E-state index is 1.21. The van der Waals surface area contributed by atoms with Crippen LogP contribution in [0.25, 0.3) is 41.7 Å². The highest BCUT2D eigenvalue weighted by molar-refractivity contribution is 7.19. The molecule has 0 amide bonds. The van der Waals surface area contributed by atoms with Gasteiger partial charge in [-0.1, -0.05) is 38.8 Å². The molecule has 0 saturated carbocycles. The molecular weight excluding hydrogens is 376 g/mol. The number of hydrogen-bond acceptors (Lipinski definition) is 2. The predicted molar refractivity (Wildman–Crippen MR) is 129 cm³/mol. The third-order valence-corrected chi connectivity index (χ3v) is 8.08. The van der Waals surface area contributed by atoms with E-state index in [1.165, 1.54) is 90.0 Å². The lowest BCUT2D eigenvalue weighted by atomic mass is 9.99. The minimum Gasteiger partial charge on any atom is -0.140 e. The highest BCUT2D eigenvalue weighted by Crippen LogP contribution is 2.37. The van der Waals surface area contributed by atoms with Crippen molar-refractivity contribution in [3.63, 3.8) is 0 Å². The van der Waals surface area contributed by atoms with Crippen molar-refractivity contribution >= 4 is 64.4 Å². The van der Waals surface area contributed by atoms with Gasteiger partial charge in [0.15, 0.2) is 0 Å². The predicted octanol–water partition coefficient (Wildman–Crippen LogP) is 9.11. The molecule has 0 atom stereocenters. The minimum absolute atomic E-state index is 1.21. The zero-order chi connectivity index (χ0) is 19.1. The molecule has 2 heteroatoms. The fraction of sp³-hybridized carbons (Fsp3) is 0.308. The molecule has 0 aliphatic heterocycles. The van der Waals surface area contributed by atoms with Gasteiger partial charge in [-0.2, -0.15) is 0 Å². The van der Waals surface area contributed by atoms with Crippen LogP contribution in [0.1, 0.15) is 49.3 Å². The average Bonchev–Trinajstić information content (AvgIpc) is 3.29. The van der Waals surface area contributed by atoms with Crippen molar-refractivity contribution in [2.75, 3.05) is 0 Å². The van der Waals surface area contributed by atoms with Gasteiger partial charge >= 0.3 is 0 Å². The van der Waals surface area contributed by atoms with Gasteiger partial charge in [-0.3, -0.25) is 0 Å². The van der Waals surface area contributed by atoms with E-state index in [2.05, 4.69) is 62.4 Å². The van der Waals surface area contributed by atoms with E-state index in [0.29, 0.717) is 0 Å². The molecule has 2 aromatic heterocycles. The van der Waals surface area contributed by atoms with Gasteiger partial charge in [0.25, 0.3) is 0 Å². The van der Waals surface area contributed by atoms with Crippen LogP contribution in [0.4, 0.5) is 0 Å². The molecule has 2 heterocycles. The number of benzene rings is 3. The standard InChI is InChI=1S/C26H26S2/c1-3-5-7-21-11-19-13-23-17(15-25(19)27-21)9-10-18-16-26-20(14-24(18)23)12-22(28-26)8-6-4-2/h9-16H,3-8H2,1-2H3. The van der Waals surface area contributed by atoms with Crippen molar-refractivity contribution in [3.05, 3.63) is 58.3 Å². The Balaban J connectivity index is 1.67. The van der Waals surface area contributed by atoms with Gasteiger partial charge in [-0.25, -0.2) is 0 Å². The highest BCUT2D eigenvalue weighted by Gasteiger charge is 2.09. The Morgan fingerprint density at radius 1 is 0.571 bits per heavy atom. The van der Waals surface area contributed by atoms with Crippen molar-refractivity contribution in [2.45, 2.75) is 52.4 Å². The maximum atomic E-state index is 2.43. The van der Waals surface area contributed by atoms with E-state index in [9.17, 15) is 0 Å². The summed E-state index contributed by atoms with van der Waals surface area (Å²) in [6.07, 6.45) is 7.51. The molecule has 5 aromatic rings. The summed E-state index contributed by atoms with van der Waals surface area (Å²) in [7, 11) is 0. The third-order valence-electron chi connectivity index (χ3n) is 5.77. The summed E-state index contributed by atoms with van der Waals surface area (Å²) in [6, 6.07) is 19.1. The first-order valence-corrected chi connectivity index (χ1v) is 12.2. The summed E-state index contributed by atoms with van der Waals surface area (Å²) < 4.78 is 2.85. The van der Waals surface area contributed by atoms with E-state index in [1.807, 2.05) is 22.7 Å². The second-order valence-corrected chi connectivity index (χ2v) is 10.3. The summed E-state index contributed by atoms with van der Waals surface area (Å²) in [5.74, 6) is 0. The molecule has 0 bridgehead atoms. The maximum Gasteiger partial charge on any atom is 0.0352 e. The summed E-state index contributed by atoms with van der Waals surface area (Å²) in [4.78, 5) is 3.05. The Hall–Kier alpha value is -1.90. The Morgan fingerprint density at radius 3 is 1.46 bits per heavy atom. The van der Waals surface area contributed by atoms with Gasteiger partial charge < -0.3 is 0 Å². The van der Waals surface area contributed by atoms with Crippen molar-refractivity contribution < 1.29 is 0 Å². The van der Waals surface area contributed by atoms with Crippen LogP contribution in [0.2, 0.25) is 0 Å². The van der Waals surface area contributed by atoms with E-state index in [-0.39, 0.29) is 0 Å². The van der Waals surface area contributed by atoms with Gasteiger partial charge in [-0.15, -0.1) is 22.7 Å². The molecule has 28 heavy (non-hydrogen) atoms. The van der Waals surface area contributed by atoms with E-state index in [0.717, 1.165) is 0 Å². The molecule has 0 saturated heterocycles. The third kappa shape index (κ3) is 3.23. The quantitative estimate of drug-likeness (QED) is 0.248. The summed E-state index contributed by atoms with van der Waals surface area (Å²) in [5.41, 5.74) is 0. The van der Waals surface area contributed by atoms with Crippen LogP contribution >= 0.6 is 22.7 Å². The number of thiophene rings is 2. The number of aryl methyl sites for hydroxylation is 2. The Bertz CT molecular complexity index is 1180. The molecule has 0 spiro atoms. The second kappa shape index (κ2) is 7.50. The summed E-state index contributed by atoms with van der Waals surface area (Å²) >= 11 is 3.95. The van der Waals surface area contributed by atoms with Gasteiger partial charge in [-0.05, 0) is 94.4 Å². The van der Waals surface area contributed by atoms with E-state index in [4.69, 9.17) is 0 Å². The topological polar surface area (TPSA) is 0 Å². The first-order valence-electron chi connectivity index (χ1n) is 10.6. The van der Waals surface area contributed by atoms with Crippen molar-refractivity contribution in [2.24, 2.45) is 0 Å². The average molecular weight is 403 g/mol. The molecule has 3 aromatic carbocycles. The van der Waals surface area contributed by atoms with Crippen molar-refractivity contribution in [1.82, 2.24) is 0 Å². The van der Waals surface area contributed by atoms with Crippen LogP contribution in [0.15, 0.2) is 48.5 Å². The zero-order valence-corrected chi connectivity index (χ0v) is 18.3. The molecule has 0 radical (unpaired) electrons. The maximum absolute atomic E-state index is 2.43. The second-order valence-electron chi connectivity index (χ2n) is 7.92. The van der Waals surface area contributed by atoms with Crippen LogP contribution < -0.4 is 0 Å². The lowest BCUT2D eigenvalue weighted by molar-refractivity contribution is 0.804. The lowest BCUT2D eigenvalue weighted by Crippen LogP contribution is -1.78. The fourth-order valence-corrected chi connectivity index (χ4v) is 6.46. The van der Waals surface area contributed by atoms with E-state index < -0.39 is 0 Å². The molecule has 0 nitrogen and oxygen atoms in total. The van der Waals surface area contributed by atoms with Gasteiger partial charge in [0.1, 0.15) is 0 Å². The highest BCUT2D eigenvalue weighted by atomic mass is 32.1. The SMILES string of the molecule is CCCCc1cc2cc3c(ccc4cc5sc(CCCC)cc5cc43)cc2s1. The zero-order valence-electron chi connectivity index (χ0n) is 16.7. The number of unbranched alkanes of at least 4 members (excludes halogenated alkanes) is 2.